The minimum Gasteiger partial charge on any atom is -0.508 e. The number of carbonyl (C=O) groups excluding carboxylic acids is 4. The number of esters is 1. The quantitative estimate of drug-likeness (QED) is 0.0140. The number of carbonyl (C=O) groups is 5. The summed E-state index contributed by atoms with van der Waals surface area (Å²) in [5.74, 6) is -1.82. The number of aromatic hydroxyl groups is 1. The molecule has 0 saturated heterocycles. The number of nitrogens with two attached hydrogens (primary N) is 1. The van der Waals surface area contributed by atoms with Crippen molar-refractivity contribution in [3.8, 4) is 50.7 Å². The number of benzene rings is 5. The highest BCUT2D eigenvalue weighted by Gasteiger charge is 2.30. The lowest BCUT2D eigenvalue weighted by Crippen LogP contribution is -2.33. The average molecular weight is 1230 g/mol. The molecule has 3 heterocycles. The number of Topliss-reactive ketones (excluding diaryl/α,β-unsaturated/α-hetero) is 2. The largest absolute Gasteiger partial charge is 0.508 e. The summed E-state index contributed by atoms with van der Waals surface area (Å²) in [4.78, 5) is 78.6. The molecule has 0 fully saturated rings. The molecule has 8 rings (SSSR count). The van der Waals surface area contributed by atoms with Crippen molar-refractivity contribution >= 4 is 46.1 Å². The number of phenols is 1. The molecular formula is C67H79N5O17. The van der Waals surface area contributed by atoms with Gasteiger partial charge in [-0.25, -0.2) is 9.48 Å². The Morgan fingerprint density at radius 3 is 2.00 bits per heavy atom. The van der Waals surface area contributed by atoms with Gasteiger partial charge in [-0.2, -0.15) is 0 Å². The van der Waals surface area contributed by atoms with Gasteiger partial charge in [-0.3, -0.25) is 24.0 Å². The van der Waals surface area contributed by atoms with Crippen molar-refractivity contribution < 1.29 is 76.5 Å². The third kappa shape index (κ3) is 19.5. The number of phenolic OH excluding ortho intramolecular Hbond substituents is 1. The van der Waals surface area contributed by atoms with E-state index in [0.29, 0.717) is 145 Å². The first-order valence-electron chi connectivity index (χ1n) is 30.4. The molecule has 474 valence electrons. The second-order valence-electron chi connectivity index (χ2n) is 21.3. The van der Waals surface area contributed by atoms with E-state index in [1.165, 1.54) is 30.3 Å². The molecule has 0 saturated carbocycles. The van der Waals surface area contributed by atoms with Gasteiger partial charge in [0.1, 0.15) is 41.2 Å². The third-order valence-electron chi connectivity index (χ3n) is 14.9. The Morgan fingerprint density at radius 1 is 0.629 bits per heavy atom. The SMILES string of the molecule is CCCCC[C@H](N)C(=O)OCCOCCOCCOCCn1nnc2c1-c1ccccc1CN(C(=O)CCCC(=O)CCOCCOCCOCCOCCCC(=O)c1ccc(-c3c4ccc(=O)cc-4oc4cc(O)ccc34)c(C(=O)O)c1)c1ccccc1-2. The Morgan fingerprint density at radius 2 is 1.28 bits per heavy atom. The van der Waals surface area contributed by atoms with Gasteiger partial charge in [0, 0.05) is 77.6 Å². The number of ketones is 2. The minimum atomic E-state index is -1.24. The van der Waals surface area contributed by atoms with Gasteiger partial charge < -0.3 is 63.2 Å². The molecule has 1 amide bonds. The van der Waals surface area contributed by atoms with Gasteiger partial charge in [-0.15, -0.1) is 5.10 Å². The molecule has 0 bridgehead atoms. The van der Waals surface area contributed by atoms with Crippen molar-refractivity contribution in [1.82, 2.24) is 15.0 Å². The summed E-state index contributed by atoms with van der Waals surface area (Å²) in [6, 6.07) is 28.2. The monoisotopic (exact) mass is 1230 g/mol. The van der Waals surface area contributed by atoms with E-state index in [-0.39, 0.29) is 96.6 Å². The molecule has 22 heteroatoms. The molecule has 22 nitrogen and oxygen atoms in total. The molecule has 5 aromatic rings. The maximum Gasteiger partial charge on any atom is 0.336 e. The molecule has 1 aromatic heterocycles. The number of unbranched alkanes of at least 4 members (excludes halogenated alkanes) is 2. The maximum absolute atomic E-state index is 14.0. The molecule has 89 heavy (non-hydrogen) atoms. The number of fused-ring (bicyclic) bond motifs is 7. The molecule has 2 aliphatic heterocycles. The van der Waals surface area contributed by atoms with E-state index in [0.717, 1.165) is 41.6 Å². The van der Waals surface area contributed by atoms with Gasteiger partial charge in [0.2, 0.25) is 5.91 Å². The Bertz CT molecular complexity index is 3490. The van der Waals surface area contributed by atoms with E-state index in [1.54, 1.807) is 29.2 Å². The normalized spacial score (nSPS) is 12.3. The fourth-order valence-corrected chi connectivity index (χ4v) is 10.3. The van der Waals surface area contributed by atoms with Crippen LogP contribution in [0.5, 0.6) is 5.75 Å². The second kappa shape index (κ2) is 35.2. The van der Waals surface area contributed by atoms with Crippen LogP contribution in [-0.4, -0.2) is 160 Å². The number of ether oxygens (including phenoxy) is 8. The van der Waals surface area contributed by atoms with E-state index in [1.807, 2.05) is 53.2 Å². The van der Waals surface area contributed by atoms with Crippen LogP contribution in [0.3, 0.4) is 0 Å². The number of aromatic nitrogens is 3. The van der Waals surface area contributed by atoms with Crippen molar-refractivity contribution in [2.75, 3.05) is 104 Å². The first-order chi connectivity index (χ1) is 43.4. The molecule has 1 aliphatic carbocycles. The van der Waals surface area contributed by atoms with E-state index >= 15 is 0 Å². The van der Waals surface area contributed by atoms with Crippen molar-refractivity contribution in [3.63, 3.8) is 0 Å². The van der Waals surface area contributed by atoms with E-state index in [2.05, 4.69) is 17.2 Å². The van der Waals surface area contributed by atoms with Crippen molar-refractivity contribution in [2.24, 2.45) is 5.73 Å². The van der Waals surface area contributed by atoms with Crippen molar-refractivity contribution in [2.45, 2.75) is 90.3 Å². The molecule has 3 aliphatic rings. The van der Waals surface area contributed by atoms with Crippen LogP contribution in [0.15, 0.2) is 112 Å². The molecule has 0 spiro atoms. The highest BCUT2D eigenvalue weighted by atomic mass is 16.6. The van der Waals surface area contributed by atoms with Gasteiger partial charge in [0.15, 0.2) is 11.2 Å². The predicted octanol–water partition coefficient (Wildman–Crippen LogP) is 9.10. The van der Waals surface area contributed by atoms with Crippen LogP contribution in [-0.2, 0) is 65.4 Å². The molecule has 4 N–H and O–H groups in total. The summed E-state index contributed by atoms with van der Waals surface area (Å²) in [6.07, 6.45) is 5.18. The zero-order valence-electron chi connectivity index (χ0n) is 50.4. The lowest BCUT2D eigenvalue weighted by molar-refractivity contribution is -0.147. The van der Waals surface area contributed by atoms with Gasteiger partial charge >= 0.3 is 11.9 Å². The maximum atomic E-state index is 14.0. The number of carboxylic acids is 1. The predicted molar refractivity (Wildman–Crippen MR) is 331 cm³/mol. The molecule has 0 unspecified atom stereocenters. The number of hydrogen-bond donors (Lipinski definition) is 3. The fourth-order valence-electron chi connectivity index (χ4n) is 10.3. The molecule has 4 aromatic carbocycles. The van der Waals surface area contributed by atoms with Crippen LogP contribution < -0.4 is 16.1 Å². The zero-order valence-corrected chi connectivity index (χ0v) is 50.4. The molecule has 1 atom stereocenters. The number of nitrogens with zero attached hydrogens (tertiary/aromatic N) is 4. The smallest absolute Gasteiger partial charge is 0.336 e. The summed E-state index contributed by atoms with van der Waals surface area (Å²) in [7, 11) is 0. The fraction of sp³-hybridized carbons (Fsp3) is 0.433. The molecular weight excluding hydrogens is 1150 g/mol. The van der Waals surface area contributed by atoms with Crippen molar-refractivity contribution in [3.05, 3.63) is 130 Å². The summed E-state index contributed by atoms with van der Waals surface area (Å²) < 4.78 is 52.5. The number of rotatable bonds is 40. The second-order valence-corrected chi connectivity index (χ2v) is 21.3. The Hall–Kier alpha value is -8.06. The summed E-state index contributed by atoms with van der Waals surface area (Å²) >= 11 is 0. The van der Waals surface area contributed by atoms with E-state index in [9.17, 15) is 39.0 Å². The first-order valence-corrected chi connectivity index (χ1v) is 30.4. The average Bonchev–Trinajstić information content (AvgIpc) is 1.68. The zero-order chi connectivity index (χ0) is 62.7. The number of hydrogen-bond acceptors (Lipinski definition) is 19. The standard InChI is InChI=1S/C67H79N5O17/c1-2-3-4-15-57(68)67(80)88-41-40-87-39-38-86-35-32-83-29-26-72-65-51-13-6-5-11-47(51)45-71(58-16-8-7-14-53(58)64(65)69-70-72)62(77)18-9-12-48(73)25-28-82-31-34-85-37-36-84-33-30-81-27-10-17-59(76)46-19-22-52(56(42-46)66(78)79)63-54-23-20-49(74)43-60(54)89-61-44-50(75)21-24-55(61)63/h5-8,11,13-14,16,19-24,42-44,57,74H,2-4,9-10,12,15,17-18,25-41,45,68H2,1H3,(H,78,79)/t57-/m0/s1. The van der Waals surface area contributed by atoms with Gasteiger partial charge in [0.25, 0.3) is 0 Å². The topological polar surface area (TPSA) is 290 Å². The first kappa shape index (κ1) is 66.9. The highest BCUT2D eigenvalue weighted by molar-refractivity contribution is 6.09. The van der Waals surface area contributed by atoms with Crippen LogP contribution in [0.25, 0.3) is 55.9 Å². The Balaban J connectivity index is 0.660. The van der Waals surface area contributed by atoms with Crippen LogP contribution in [0, 0.1) is 0 Å². The van der Waals surface area contributed by atoms with Gasteiger partial charge in [0.05, 0.1) is 116 Å². The van der Waals surface area contributed by atoms with Crippen LogP contribution >= 0.6 is 0 Å². The summed E-state index contributed by atoms with van der Waals surface area (Å²) in [5, 5.41) is 30.1. The number of aromatic carboxylic acids is 1. The van der Waals surface area contributed by atoms with Crippen molar-refractivity contribution in [1.29, 1.82) is 0 Å². The third-order valence-corrected chi connectivity index (χ3v) is 14.9. The van der Waals surface area contributed by atoms with Crippen LogP contribution in [0.1, 0.15) is 97.4 Å². The Labute approximate surface area is 516 Å². The number of carboxylic acid groups (broad SMARTS) is 1. The van der Waals surface area contributed by atoms with E-state index in [4.69, 9.17) is 48.0 Å². The summed E-state index contributed by atoms with van der Waals surface area (Å²) in [6.45, 7) is 7.51. The van der Waals surface area contributed by atoms with Gasteiger partial charge in [-0.05, 0) is 66.8 Å². The number of amides is 1. The van der Waals surface area contributed by atoms with Crippen LogP contribution in [0.2, 0.25) is 0 Å². The number of para-hydroxylation sites is 1. The van der Waals surface area contributed by atoms with Gasteiger partial charge in [-0.1, -0.05) is 86.0 Å². The summed E-state index contributed by atoms with van der Waals surface area (Å²) in [5.41, 5.74) is 12.1. The lowest BCUT2D eigenvalue weighted by atomic mass is 9.89. The number of anilines is 1. The van der Waals surface area contributed by atoms with E-state index < -0.39 is 18.0 Å². The molecule has 0 radical (unpaired) electrons. The Kier molecular flexibility index (Phi) is 26.5. The minimum absolute atomic E-state index is 0.00421. The lowest BCUT2D eigenvalue weighted by Gasteiger charge is -2.28. The van der Waals surface area contributed by atoms with Crippen LogP contribution in [0.4, 0.5) is 5.69 Å². The highest BCUT2D eigenvalue weighted by Crippen LogP contribution is 2.43.